The molecule has 0 spiro atoms. The predicted octanol–water partition coefficient (Wildman–Crippen LogP) is 0.712. The van der Waals surface area contributed by atoms with E-state index in [9.17, 15) is 5.11 Å². The van der Waals surface area contributed by atoms with Gasteiger partial charge in [-0.3, -0.25) is 0 Å². The van der Waals surface area contributed by atoms with Gasteiger partial charge >= 0.3 is 0 Å². The van der Waals surface area contributed by atoms with Crippen LogP contribution in [-0.2, 0) is 6.42 Å². The molecule has 3 heteroatoms. The molecule has 1 aliphatic heterocycles. The Morgan fingerprint density at radius 1 is 1.62 bits per heavy atom. The van der Waals surface area contributed by atoms with E-state index in [2.05, 4.69) is 4.90 Å². The Labute approximate surface area is 77.8 Å². The van der Waals surface area contributed by atoms with Crippen LogP contribution in [0.15, 0.2) is 18.2 Å². The van der Waals surface area contributed by atoms with Crippen molar-refractivity contribution in [2.75, 3.05) is 18.5 Å². The summed E-state index contributed by atoms with van der Waals surface area (Å²) in [6, 6.07) is 5.87. The molecule has 70 valence electrons. The normalized spacial score (nSPS) is 20.5. The van der Waals surface area contributed by atoms with E-state index in [1.807, 2.05) is 19.2 Å². The van der Waals surface area contributed by atoms with E-state index in [-0.39, 0.29) is 0 Å². The molecule has 1 atom stereocenters. The number of anilines is 1. The van der Waals surface area contributed by atoms with Gasteiger partial charge in [-0.25, -0.2) is 0 Å². The Hall–Kier alpha value is -1.22. The number of likely N-dealkylation sites (N-methyl/N-ethyl adjacent to an activating group) is 1. The van der Waals surface area contributed by atoms with Gasteiger partial charge in [0.15, 0.2) is 0 Å². The van der Waals surface area contributed by atoms with Crippen LogP contribution in [-0.4, -0.2) is 24.7 Å². The van der Waals surface area contributed by atoms with Crippen molar-refractivity contribution in [1.82, 2.24) is 0 Å². The highest BCUT2D eigenvalue weighted by Crippen LogP contribution is 2.32. The van der Waals surface area contributed by atoms with E-state index in [1.54, 1.807) is 6.07 Å². The highest BCUT2D eigenvalue weighted by Gasteiger charge is 2.24. The summed E-state index contributed by atoms with van der Waals surface area (Å²) in [7, 11) is 2.04. The molecule has 0 aliphatic carbocycles. The zero-order valence-corrected chi connectivity index (χ0v) is 7.70. The molecule has 0 fully saturated rings. The van der Waals surface area contributed by atoms with E-state index in [0.29, 0.717) is 18.3 Å². The summed E-state index contributed by atoms with van der Waals surface area (Å²) in [6.07, 6.45) is 0.941. The quantitative estimate of drug-likeness (QED) is 0.666. The molecule has 0 amide bonds. The summed E-state index contributed by atoms with van der Waals surface area (Å²) >= 11 is 0. The zero-order chi connectivity index (χ0) is 9.42. The Morgan fingerprint density at radius 3 is 3.08 bits per heavy atom. The first-order valence-electron chi connectivity index (χ1n) is 4.47. The number of hydrogen-bond donors (Lipinski definition) is 2. The van der Waals surface area contributed by atoms with Crippen LogP contribution in [0.3, 0.4) is 0 Å². The number of phenols is 1. The van der Waals surface area contributed by atoms with Crippen LogP contribution < -0.4 is 10.6 Å². The minimum Gasteiger partial charge on any atom is -0.508 e. The number of fused-ring (bicyclic) bond motifs is 1. The molecule has 1 unspecified atom stereocenters. The second kappa shape index (κ2) is 2.92. The fourth-order valence-electron chi connectivity index (χ4n) is 1.91. The van der Waals surface area contributed by atoms with E-state index in [1.165, 1.54) is 11.3 Å². The summed E-state index contributed by atoms with van der Waals surface area (Å²) in [6.45, 7) is 0.659. The lowest BCUT2D eigenvalue weighted by molar-refractivity contribution is 0.475. The first-order chi connectivity index (χ1) is 6.22. The van der Waals surface area contributed by atoms with Gasteiger partial charge < -0.3 is 15.7 Å². The van der Waals surface area contributed by atoms with Crippen molar-refractivity contribution in [3.8, 4) is 5.75 Å². The van der Waals surface area contributed by atoms with Crippen LogP contribution >= 0.6 is 0 Å². The molecule has 0 radical (unpaired) electrons. The summed E-state index contributed by atoms with van der Waals surface area (Å²) in [5.41, 5.74) is 8.02. The van der Waals surface area contributed by atoms with Crippen LogP contribution in [0.2, 0.25) is 0 Å². The van der Waals surface area contributed by atoms with E-state index in [0.717, 1.165) is 6.42 Å². The maximum absolute atomic E-state index is 9.29. The van der Waals surface area contributed by atoms with Crippen molar-refractivity contribution in [2.45, 2.75) is 12.5 Å². The molecule has 1 aliphatic rings. The molecule has 0 aromatic heterocycles. The number of aromatic hydroxyl groups is 1. The van der Waals surface area contributed by atoms with E-state index >= 15 is 0 Å². The smallest absolute Gasteiger partial charge is 0.116 e. The van der Waals surface area contributed by atoms with E-state index < -0.39 is 0 Å². The molecular formula is C10H14N2O. The van der Waals surface area contributed by atoms with Gasteiger partial charge in [-0.1, -0.05) is 0 Å². The Kier molecular flexibility index (Phi) is 1.88. The largest absolute Gasteiger partial charge is 0.508 e. The topological polar surface area (TPSA) is 49.5 Å². The van der Waals surface area contributed by atoms with Gasteiger partial charge in [0.1, 0.15) is 5.75 Å². The minimum atomic E-state index is 0.338. The van der Waals surface area contributed by atoms with Gasteiger partial charge in [-0.05, 0) is 30.2 Å². The fourth-order valence-corrected chi connectivity index (χ4v) is 1.91. The van der Waals surface area contributed by atoms with Gasteiger partial charge in [0, 0.05) is 25.3 Å². The average molecular weight is 178 g/mol. The number of nitrogens with zero attached hydrogens (tertiary/aromatic N) is 1. The summed E-state index contributed by atoms with van der Waals surface area (Å²) in [4.78, 5) is 2.18. The van der Waals surface area contributed by atoms with Crippen LogP contribution in [0.5, 0.6) is 5.75 Å². The van der Waals surface area contributed by atoms with Crippen molar-refractivity contribution in [3.05, 3.63) is 23.8 Å². The highest BCUT2D eigenvalue weighted by atomic mass is 16.3. The molecule has 3 nitrogen and oxygen atoms in total. The minimum absolute atomic E-state index is 0.338. The zero-order valence-electron chi connectivity index (χ0n) is 7.70. The van der Waals surface area contributed by atoms with Gasteiger partial charge in [0.2, 0.25) is 0 Å². The monoisotopic (exact) mass is 178 g/mol. The Bertz CT molecular complexity index is 325. The van der Waals surface area contributed by atoms with Crippen molar-refractivity contribution >= 4 is 5.69 Å². The highest BCUT2D eigenvalue weighted by molar-refractivity contribution is 5.60. The SMILES string of the molecule is CN1c2ccc(O)cc2CC1CN. The Balaban J connectivity index is 2.38. The summed E-state index contributed by atoms with van der Waals surface area (Å²) in [5, 5.41) is 9.29. The molecule has 3 N–H and O–H groups in total. The number of benzene rings is 1. The summed E-state index contributed by atoms with van der Waals surface area (Å²) < 4.78 is 0. The second-order valence-electron chi connectivity index (χ2n) is 3.52. The molecule has 1 aromatic carbocycles. The van der Waals surface area contributed by atoms with Crippen LogP contribution in [0.1, 0.15) is 5.56 Å². The summed E-state index contributed by atoms with van der Waals surface area (Å²) in [5.74, 6) is 0.338. The maximum Gasteiger partial charge on any atom is 0.116 e. The molecule has 1 heterocycles. The molecule has 0 bridgehead atoms. The van der Waals surface area contributed by atoms with Crippen LogP contribution in [0.4, 0.5) is 5.69 Å². The lowest BCUT2D eigenvalue weighted by Crippen LogP contribution is -2.34. The molecule has 13 heavy (non-hydrogen) atoms. The van der Waals surface area contributed by atoms with Crippen molar-refractivity contribution in [3.63, 3.8) is 0 Å². The standard InChI is InChI=1S/C10H14N2O/c1-12-8(6-11)4-7-5-9(13)2-3-10(7)12/h2-3,5,8,13H,4,6,11H2,1H3. The van der Waals surface area contributed by atoms with Gasteiger partial charge in [0.25, 0.3) is 0 Å². The van der Waals surface area contributed by atoms with Crippen LogP contribution in [0.25, 0.3) is 0 Å². The van der Waals surface area contributed by atoms with Crippen molar-refractivity contribution in [1.29, 1.82) is 0 Å². The molecule has 1 aromatic rings. The second-order valence-corrected chi connectivity index (χ2v) is 3.52. The predicted molar refractivity (Wildman–Crippen MR) is 53.1 cm³/mol. The van der Waals surface area contributed by atoms with E-state index in [4.69, 9.17) is 5.73 Å². The number of hydrogen-bond acceptors (Lipinski definition) is 3. The van der Waals surface area contributed by atoms with Gasteiger partial charge in [-0.15, -0.1) is 0 Å². The molecule has 2 rings (SSSR count). The van der Waals surface area contributed by atoms with Crippen LogP contribution in [0, 0.1) is 0 Å². The van der Waals surface area contributed by atoms with Gasteiger partial charge in [0.05, 0.1) is 0 Å². The average Bonchev–Trinajstić information content (AvgIpc) is 2.42. The molecular weight excluding hydrogens is 164 g/mol. The third-order valence-corrected chi connectivity index (χ3v) is 2.72. The lowest BCUT2D eigenvalue weighted by atomic mass is 10.1. The molecule has 0 saturated heterocycles. The first-order valence-corrected chi connectivity index (χ1v) is 4.47. The van der Waals surface area contributed by atoms with Crippen molar-refractivity contribution in [2.24, 2.45) is 5.73 Å². The Morgan fingerprint density at radius 2 is 2.38 bits per heavy atom. The number of phenolic OH excluding ortho intramolecular Hbond substituents is 1. The molecule has 0 saturated carbocycles. The third kappa shape index (κ3) is 1.25. The number of nitrogens with two attached hydrogens (primary N) is 1. The van der Waals surface area contributed by atoms with Gasteiger partial charge in [-0.2, -0.15) is 0 Å². The fraction of sp³-hybridized carbons (Fsp3) is 0.400. The third-order valence-electron chi connectivity index (χ3n) is 2.72. The first kappa shape index (κ1) is 8.38. The maximum atomic E-state index is 9.29. The lowest BCUT2D eigenvalue weighted by Gasteiger charge is -2.20. The number of rotatable bonds is 1. The van der Waals surface area contributed by atoms with Crippen molar-refractivity contribution < 1.29 is 5.11 Å².